The van der Waals surface area contributed by atoms with Gasteiger partial charge in [0.2, 0.25) is 5.91 Å². The van der Waals surface area contributed by atoms with Crippen molar-refractivity contribution in [2.24, 2.45) is 0 Å². The molecule has 0 aromatic heterocycles. The highest BCUT2D eigenvalue weighted by molar-refractivity contribution is 6.31. The predicted octanol–water partition coefficient (Wildman–Crippen LogP) is 3.39. The second-order valence-corrected chi connectivity index (χ2v) is 5.35. The molecule has 1 fully saturated rings. The van der Waals surface area contributed by atoms with Gasteiger partial charge in [-0.2, -0.15) is 0 Å². The zero-order chi connectivity index (χ0) is 15.7. The van der Waals surface area contributed by atoms with Gasteiger partial charge in [-0.3, -0.25) is 9.59 Å². The zero-order valence-electron chi connectivity index (χ0n) is 11.5. The molecule has 2 amide bonds. The second kappa shape index (κ2) is 5.66. The van der Waals surface area contributed by atoms with E-state index in [0.29, 0.717) is 21.8 Å². The number of anilines is 1. The fraction of sp³-hybridized carbons (Fsp3) is 0.0588. The van der Waals surface area contributed by atoms with Gasteiger partial charge in [0.05, 0.1) is 12.1 Å². The van der Waals surface area contributed by atoms with E-state index in [9.17, 15) is 14.7 Å². The number of carbonyl (C=O) groups excluding carboxylic acids is 2. The number of para-hydroxylation sites is 1. The van der Waals surface area contributed by atoms with Crippen LogP contribution in [0.15, 0.2) is 54.1 Å². The fourth-order valence-electron chi connectivity index (χ4n) is 2.34. The number of hydrogen-bond acceptors (Lipinski definition) is 3. The summed E-state index contributed by atoms with van der Waals surface area (Å²) in [6.45, 7) is 0. The Morgan fingerprint density at radius 2 is 1.73 bits per heavy atom. The molecule has 1 N–H and O–H groups in total. The van der Waals surface area contributed by atoms with Crippen LogP contribution >= 0.6 is 11.6 Å². The summed E-state index contributed by atoms with van der Waals surface area (Å²) < 4.78 is 0. The summed E-state index contributed by atoms with van der Waals surface area (Å²) in [6.07, 6.45) is 1.56. The van der Waals surface area contributed by atoms with E-state index in [4.69, 9.17) is 11.6 Å². The molecule has 0 unspecified atom stereocenters. The molecule has 2 aromatic rings. The van der Waals surface area contributed by atoms with Crippen LogP contribution in [0.5, 0.6) is 5.75 Å². The zero-order valence-corrected chi connectivity index (χ0v) is 12.2. The van der Waals surface area contributed by atoms with Crippen molar-refractivity contribution in [1.82, 2.24) is 0 Å². The van der Waals surface area contributed by atoms with Crippen molar-refractivity contribution in [3.05, 3.63) is 64.7 Å². The van der Waals surface area contributed by atoms with Crippen LogP contribution in [0, 0.1) is 0 Å². The van der Waals surface area contributed by atoms with Gasteiger partial charge in [-0.25, -0.2) is 4.90 Å². The fourth-order valence-corrected chi connectivity index (χ4v) is 2.46. The number of halogens is 1. The van der Waals surface area contributed by atoms with Crippen LogP contribution in [0.1, 0.15) is 12.0 Å². The van der Waals surface area contributed by atoms with Gasteiger partial charge < -0.3 is 5.11 Å². The Morgan fingerprint density at radius 3 is 2.41 bits per heavy atom. The van der Waals surface area contributed by atoms with Crippen molar-refractivity contribution in [2.45, 2.75) is 6.42 Å². The summed E-state index contributed by atoms with van der Waals surface area (Å²) in [7, 11) is 0. The van der Waals surface area contributed by atoms with Gasteiger partial charge in [0.25, 0.3) is 5.91 Å². The number of phenolic OH excluding ortho intramolecular Hbond substituents is 1. The highest BCUT2D eigenvalue weighted by atomic mass is 35.5. The van der Waals surface area contributed by atoms with E-state index in [0.717, 1.165) is 4.90 Å². The highest BCUT2D eigenvalue weighted by Gasteiger charge is 2.34. The van der Waals surface area contributed by atoms with Gasteiger partial charge >= 0.3 is 0 Å². The number of nitrogens with zero attached hydrogens (tertiary/aromatic N) is 1. The van der Waals surface area contributed by atoms with Crippen LogP contribution in [0.25, 0.3) is 6.08 Å². The lowest BCUT2D eigenvalue weighted by molar-refractivity contribution is -0.120. The number of carbonyl (C=O) groups is 2. The van der Waals surface area contributed by atoms with E-state index in [2.05, 4.69) is 0 Å². The number of benzene rings is 2. The van der Waals surface area contributed by atoms with Gasteiger partial charge in [0.1, 0.15) is 5.75 Å². The van der Waals surface area contributed by atoms with Gasteiger partial charge in [-0.15, -0.1) is 0 Å². The van der Waals surface area contributed by atoms with E-state index in [1.807, 2.05) is 0 Å². The maximum absolute atomic E-state index is 12.4. The molecule has 5 heteroatoms. The van der Waals surface area contributed by atoms with E-state index in [1.54, 1.807) is 48.5 Å². The molecule has 1 aliphatic rings. The van der Waals surface area contributed by atoms with Gasteiger partial charge in [-0.1, -0.05) is 29.8 Å². The standard InChI is InChI=1S/C17H12ClNO3/c18-13-5-7-14(8-6-13)19-16(21)10-12(17(19)22)9-11-3-1-2-4-15(11)20/h1-9,20H,10H2. The van der Waals surface area contributed by atoms with Crippen molar-refractivity contribution in [3.63, 3.8) is 0 Å². The van der Waals surface area contributed by atoms with E-state index >= 15 is 0 Å². The Morgan fingerprint density at radius 1 is 1.05 bits per heavy atom. The summed E-state index contributed by atoms with van der Waals surface area (Å²) in [5, 5.41) is 10.3. The first-order valence-electron chi connectivity index (χ1n) is 6.67. The first-order chi connectivity index (χ1) is 10.6. The molecular weight excluding hydrogens is 302 g/mol. The third kappa shape index (κ3) is 2.61. The Balaban J connectivity index is 1.95. The molecule has 0 radical (unpaired) electrons. The minimum Gasteiger partial charge on any atom is -0.507 e. The van der Waals surface area contributed by atoms with Crippen LogP contribution in [-0.4, -0.2) is 16.9 Å². The first kappa shape index (κ1) is 14.4. The molecule has 0 aliphatic carbocycles. The summed E-state index contributed by atoms with van der Waals surface area (Å²) in [5.74, 6) is -0.607. The topological polar surface area (TPSA) is 57.6 Å². The third-order valence-electron chi connectivity index (χ3n) is 3.42. The molecule has 3 rings (SSSR count). The van der Waals surface area contributed by atoms with Gasteiger partial charge in [0.15, 0.2) is 0 Å². The molecule has 0 spiro atoms. The third-order valence-corrected chi connectivity index (χ3v) is 3.67. The summed E-state index contributed by atoms with van der Waals surface area (Å²) >= 11 is 5.82. The summed E-state index contributed by atoms with van der Waals surface area (Å²) in [5.41, 5.74) is 1.35. The van der Waals surface area contributed by atoms with Crippen LogP contribution in [-0.2, 0) is 9.59 Å². The molecule has 110 valence electrons. The normalized spacial score (nSPS) is 16.6. The van der Waals surface area contributed by atoms with Crippen molar-refractivity contribution in [2.75, 3.05) is 4.90 Å². The van der Waals surface area contributed by atoms with Crippen LogP contribution in [0.3, 0.4) is 0 Å². The minimum absolute atomic E-state index is 0.00972. The number of amides is 2. The molecule has 2 aromatic carbocycles. The molecular formula is C17H12ClNO3. The second-order valence-electron chi connectivity index (χ2n) is 4.92. The smallest absolute Gasteiger partial charge is 0.261 e. The molecule has 1 heterocycles. The molecule has 1 saturated heterocycles. The van der Waals surface area contributed by atoms with E-state index < -0.39 is 0 Å². The number of aromatic hydroxyl groups is 1. The minimum atomic E-state index is -0.379. The van der Waals surface area contributed by atoms with Crippen molar-refractivity contribution < 1.29 is 14.7 Å². The molecule has 0 bridgehead atoms. The maximum Gasteiger partial charge on any atom is 0.261 e. The average Bonchev–Trinajstić information content (AvgIpc) is 2.77. The Hall–Kier alpha value is -2.59. The quantitative estimate of drug-likeness (QED) is 0.683. The number of hydrogen-bond donors (Lipinski definition) is 1. The lowest BCUT2D eigenvalue weighted by Gasteiger charge is -2.13. The van der Waals surface area contributed by atoms with Crippen molar-refractivity contribution in [3.8, 4) is 5.75 Å². The average molecular weight is 314 g/mol. The summed E-state index contributed by atoms with van der Waals surface area (Å²) in [4.78, 5) is 25.7. The Labute approximate surface area is 132 Å². The maximum atomic E-state index is 12.4. The van der Waals surface area contributed by atoms with Crippen LogP contribution in [0.2, 0.25) is 5.02 Å². The van der Waals surface area contributed by atoms with E-state index in [-0.39, 0.29) is 24.0 Å². The largest absolute Gasteiger partial charge is 0.507 e. The summed E-state index contributed by atoms with van der Waals surface area (Å²) in [6, 6.07) is 13.2. The molecule has 0 saturated carbocycles. The number of phenols is 1. The predicted molar refractivity (Wildman–Crippen MR) is 84.6 cm³/mol. The molecule has 0 atom stereocenters. The monoisotopic (exact) mass is 313 g/mol. The molecule has 4 nitrogen and oxygen atoms in total. The van der Waals surface area contributed by atoms with E-state index in [1.165, 1.54) is 6.07 Å². The van der Waals surface area contributed by atoms with Crippen LogP contribution in [0.4, 0.5) is 5.69 Å². The number of imide groups is 1. The Bertz CT molecular complexity index is 781. The lowest BCUT2D eigenvalue weighted by Crippen LogP contribution is -2.28. The molecule has 22 heavy (non-hydrogen) atoms. The number of rotatable bonds is 2. The highest BCUT2D eigenvalue weighted by Crippen LogP contribution is 2.29. The molecule has 1 aliphatic heterocycles. The van der Waals surface area contributed by atoms with Crippen molar-refractivity contribution in [1.29, 1.82) is 0 Å². The Kier molecular flexibility index (Phi) is 3.69. The van der Waals surface area contributed by atoms with Gasteiger partial charge in [0, 0.05) is 16.2 Å². The SMILES string of the molecule is O=C1CC(=Cc2ccccc2O)C(=O)N1c1ccc(Cl)cc1. The van der Waals surface area contributed by atoms with Gasteiger partial charge in [-0.05, 0) is 36.4 Å². The lowest BCUT2D eigenvalue weighted by atomic mass is 10.1. The van der Waals surface area contributed by atoms with Crippen LogP contribution < -0.4 is 4.90 Å². The first-order valence-corrected chi connectivity index (χ1v) is 7.05. The van der Waals surface area contributed by atoms with Crippen molar-refractivity contribution >= 4 is 35.2 Å².